The molecule has 3 aromatic rings. The second-order valence-electron chi connectivity index (χ2n) is 8.33. The lowest BCUT2D eigenvalue weighted by atomic mass is 10.1. The number of amides is 2. The van der Waals surface area contributed by atoms with E-state index in [4.69, 9.17) is 17.3 Å². The monoisotopic (exact) mass is 488 g/mol. The van der Waals surface area contributed by atoms with Gasteiger partial charge in [0.2, 0.25) is 11.8 Å². The summed E-state index contributed by atoms with van der Waals surface area (Å²) in [5, 5.41) is 3.15. The highest BCUT2D eigenvalue weighted by atomic mass is 35.5. The first-order chi connectivity index (χ1) is 16.2. The molecule has 34 heavy (non-hydrogen) atoms. The Morgan fingerprint density at radius 2 is 2.00 bits per heavy atom. The molecule has 1 aromatic heterocycles. The van der Waals surface area contributed by atoms with E-state index >= 15 is 0 Å². The van der Waals surface area contributed by atoms with Crippen molar-refractivity contribution >= 4 is 45.8 Å². The quantitative estimate of drug-likeness (QED) is 0.410. The minimum atomic E-state index is -1.37. The van der Waals surface area contributed by atoms with Gasteiger partial charge in [0.05, 0.1) is 17.1 Å². The first-order valence-corrected chi connectivity index (χ1v) is 11.1. The number of benzene rings is 2. The van der Waals surface area contributed by atoms with Crippen LogP contribution in [-0.2, 0) is 22.7 Å². The summed E-state index contributed by atoms with van der Waals surface area (Å²) in [4.78, 5) is 39.1. The lowest BCUT2D eigenvalue weighted by Gasteiger charge is -2.24. The molecule has 0 spiro atoms. The zero-order valence-corrected chi connectivity index (χ0v) is 19.1. The SMILES string of the molecule is CC(=O)c1cn(CC(=O)N2C[C@H](F)C[C@H]2C(=O)NCc2cccc(Cl)c2F)c2cc(N)ccc12. The Balaban J connectivity index is 1.52. The average molecular weight is 489 g/mol. The summed E-state index contributed by atoms with van der Waals surface area (Å²) in [7, 11) is 0. The maximum Gasteiger partial charge on any atom is 0.243 e. The molecule has 4 rings (SSSR count). The summed E-state index contributed by atoms with van der Waals surface area (Å²) >= 11 is 5.77. The number of nitrogen functional groups attached to an aromatic ring is 1. The molecule has 0 aliphatic carbocycles. The Kier molecular flexibility index (Phi) is 6.56. The van der Waals surface area contributed by atoms with Crippen molar-refractivity contribution in [2.45, 2.75) is 38.6 Å². The Morgan fingerprint density at radius 3 is 2.74 bits per heavy atom. The molecule has 2 heterocycles. The number of nitrogens with one attached hydrogen (secondary N) is 1. The van der Waals surface area contributed by atoms with E-state index in [1.54, 1.807) is 35.0 Å². The Labute approximate surface area is 199 Å². The van der Waals surface area contributed by atoms with Gasteiger partial charge < -0.3 is 20.5 Å². The van der Waals surface area contributed by atoms with Crippen LogP contribution in [0.2, 0.25) is 5.02 Å². The maximum absolute atomic E-state index is 14.3. The number of alkyl halides is 1. The van der Waals surface area contributed by atoms with Crippen LogP contribution in [0.15, 0.2) is 42.6 Å². The van der Waals surface area contributed by atoms with Crippen LogP contribution in [0.25, 0.3) is 10.9 Å². The molecule has 2 atom stereocenters. The Hall–Kier alpha value is -3.46. The highest BCUT2D eigenvalue weighted by molar-refractivity contribution is 6.30. The number of rotatable bonds is 6. The third-order valence-corrected chi connectivity index (χ3v) is 6.24. The van der Waals surface area contributed by atoms with Crippen molar-refractivity contribution in [2.75, 3.05) is 12.3 Å². The van der Waals surface area contributed by atoms with E-state index in [0.717, 1.165) is 0 Å². The molecule has 1 fully saturated rings. The second-order valence-corrected chi connectivity index (χ2v) is 8.74. The van der Waals surface area contributed by atoms with Crippen LogP contribution in [0.3, 0.4) is 0 Å². The molecule has 2 amide bonds. The molecule has 3 N–H and O–H groups in total. The molecule has 10 heteroatoms. The van der Waals surface area contributed by atoms with E-state index in [2.05, 4.69) is 5.32 Å². The Bertz CT molecular complexity index is 1290. The average Bonchev–Trinajstić information content (AvgIpc) is 3.35. The van der Waals surface area contributed by atoms with Crippen molar-refractivity contribution in [1.29, 1.82) is 0 Å². The van der Waals surface area contributed by atoms with Crippen molar-refractivity contribution in [3.8, 4) is 0 Å². The summed E-state index contributed by atoms with van der Waals surface area (Å²) < 4.78 is 29.9. The number of anilines is 1. The molecular formula is C24H23ClF2N4O3. The fourth-order valence-electron chi connectivity index (χ4n) is 4.25. The minimum Gasteiger partial charge on any atom is -0.399 e. The van der Waals surface area contributed by atoms with E-state index in [9.17, 15) is 23.2 Å². The van der Waals surface area contributed by atoms with Gasteiger partial charge in [-0.1, -0.05) is 29.8 Å². The van der Waals surface area contributed by atoms with Crippen LogP contribution >= 0.6 is 11.6 Å². The number of hydrogen-bond acceptors (Lipinski definition) is 4. The number of carbonyl (C=O) groups is 3. The van der Waals surface area contributed by atoms with E-state index < -0.39 is 29.8 Å². The summed E-state index contributed by atoms with van der Waals surface area (Å²) in [6.45, 7) is 0.842. The fraction of sp³-hybridized carbons (Fsp3) is 0.292. The van der Waals surface area contributed by atoms with Crippen molar-refractivity contribution in [2.24, 2.45) is 0 Å². The Morgan fingerprint density at radius 1 is 1.24 bits per heavy atom. The summed E-state index contributed by atoms with van der Waals surface area (Å²) in [6, 6.07) is 8.42. The normalized spacial score (nSPS) is 17.8. The molecular weight excluding hydrogens is 466 g/mol. The summed E-state index contributed by atoms with van der Waals surface area (Å²) in [5.74, 6) is -1.88. The van der Waals surface area contributed by atoms with Gasteiger partial charge in [0.25, 0.3) is 0 Å². The van der Waals surface area contributed by atoms with Crippen LogP contribution in [0, 0.1) is 5.82 Å². The van der Waals surface area contributed by atoms with Gasteiger partial charge in [-0.15, -0.1) is 0 Å². The molecule has 0 radical (unpaired) electrons. The molecule has 0 unspecified atom stereocenters. The number of fused-ring (bicyclic) bond motifs is 1. The van der Waals surface area contributed by atoms with Gasteiger partial charge in [-0.25, -0.2) is 8.78 Å². The van der Waals surface area contributed by atoms with Crippen molar-refractivity contribution in [1.82, 2.24) is 14.8 Å². The summed E-state index contributed by atoms with van der Waals surface area (Å²) in [6.07, 6.45) is 0.0327. The van der Waals surface area contributed by atoms with Crippen LogP contribution in [0.1, 0.15) is 29.3 Å². The first-order valence-electron chi connectivity index (χ1n) is 10.7. The van der Waals surface area contributed by atoms with Crippen LogP contribution < -0.4 is 11.1 Å². The van der Waals surface area contributed by atoms with Crippen LogP contribution in [-0.4, -0.2) is 45.8 Å². The molecule has 178 valence electrons. The lowest BCUT2D eigenvalue weighted by Crippen LogP contribution is -2.46. The van der Waals surface area contributed by atoms with Crippen LogP contribution in [0.5, 0.6) is 0 Å². The maximum atomic E-state index is 14.3. The predicted octanol–water partition coefficient (Wildman–Crippen LogP) is 3.47. The highest BCUT2D eigenvalue weighted by Crippen LogP contribution is 2.26. The number of Topliss-reactive ketones (excluding diaryl/α,β-unsaturated/α-hetero) is 1. The first kappa shape index (κ1) is 23.7. The van der Waals surface area contributed by atoms with Crippen molar-refractivity contribution < 1.29 is 23.2 Å². The standard InChI is InChI=1S/C24H23ClF2N4O3/c1-13(32)18-11-30(20-8-16(28)5-6-17(18)20)12-22(33)31-10-15(26)7-21(31)24(34)29-9-14-3-2-4-19(25)23(14)27/h2-6,8,11,15,21H,7,9-10,12,28H2,1H3,(H,29,34)/t15-,21+/m1/s1. The van der Waals surface area contributed by atoms with Gasteiger partial charge in [-0.05, 0) is 25.1 Å². The molecule has 1 saturated heterocycles. The summed E-state index contributed by atoms with van der Waals surface area (Å²) in [5.41, 5.74) is 7.55. The highest BCUT2D eigenvalue weighted by Gasteiger charge is 2.39. The molecule has 1 aliphatic rings. The fourth-order valence-corrected chi connectivity index (χ4v) is 4.45. The second kappa shape index (κ2) is 9.42. The third kappa shape index (κ3) is 4.61. The smallest absolute Gasteiger partial charge is 0.243 e. The zero-order chi connectivity index (χ0) is 24.6. The van der Waals surface area contributed by atoms with E-state index in [1.807, 2.05) is 0 Å². The van der Waals surface area contributed by atoms with Gasteiger partial charge in [0, 0.05) is 41.4 Å². The van der Waals surface area contributed by atoms with Crippen molar-refractivity contribution in [3.05, 3.63) is 64.6 Å². The minimum absolute atomic E-state index is 0.0715. The number of hydrogen-bond donors (Lipinski definition) is 2. The van der Waals surface area contributed by atoms with E-state index in [-0.39, 0.29) is 42.4 Å². The number of halogens is 3. The zero-order valence-electron chi connectivity index (χ0n) is 18.4. The largest absolute Gasteiger partial charge is 0.399 e. The molecule has 0 saturated carbocycles. The van der Waals surface area contributed by atoms with Gasteiger partial charge >= 0.3 is 0 Å². The number of likely N-dealkylation sites (tertiary alicyclic amines) is 1. The van der Waals surface area contributed by atoms with Gasteiger partial charge in [0.15, 0.2) is 5.78 Å². The molecule has 7 nitrogen and oxygen atoms in total. The number of nitrogens with zero attached hydrogens (tertiary/aromatic N) is 2. The molecule has 2 aromatic carbocycles. The number of ketones is 1. The van der Waals surface area contributed by atoms with E-state index in [0.29, 0.717) is 22.2 Å². The van der Waals surface area contributed by atoms with Crippen molar-refractivity contribution in [3.63, 3.8) is 0 Å². The lowest BCUT2D eigenvalue weighted by molar-refractivity contribution is -0.139. The number of carbonyl (C=O) groups excluding carboxylic acids is 3. The third-order valence-electron chi connectivity index (χ3n) is 5.95. The number of nitrogens with two attached hydrogens (primary N) is 1. The topological polar surface area (TPSA) is 97.4 Å². The van der Waals surface area contributed by atoms with Crippen LogP contribution in [0.4, 0.5) is 14.5 Å². The van der Waals surface area contributed by atoms with E-state index in [1.165, 1.54) is 24.0 Å². The van der Waals surface area contributed by atoms with Gasteiger partial charge in [0.1, 0.15) is 24.6 Å². The van der Waals surface area contributed by atoms with Gasteiger partial charge in [-0.2, -0.15) is 0 Å². The van der Waals surface area contributed by atoms with Gasteiger partial charge in [-0.3, -0.25) is 14.4 Å². The predicted molar refractivity (Wildman–Crippen MR) is 125 cm³/mol. The number of aromatic nitrogens is 1. The molecule has 1 aliphatic heterocycles. The molecule has 0 bridgehead atoms.